The molecule has 0 spiro atoms. The predicted octanol–water partition coefficient (Wildman–Crippen LogP) is 3.37. The van der Waals surface area contributed by atoms with Crippen molar-refractivity contribution in [2.75, 3.05) is 6.61 Å². The summed E-state index contributed by atoms with van der Waals surface area (Å²) in [6, 6.07) is 3.87. The number of esters is 1. The van der Waals surface area contributed by atoms with Gasteiger partial charge < -0.3 is 14.5 Å². The van der Waals surface area contributed by atoms with Crippen LogP contribution in [0.25, 0.3) is 16.6 Å². The summed E-state index contributed by atoms with van der Waals surface area (Å²) in [6.07, 6.45) is 4.61. The van der Waals surface area contributed by atoms with E-state index >= 15 is 0 Å². The van der Waals surface area contributed by atoms with Crippen molar-refractivity contribution in [2.24, 2.45) is 0 Å². The van der Waals surface area contributed by atoms with E-state index in [0.717, 1.165) is 12.1 Å². The van der Waals surface area contributed by atoms with Gasteiger partial charge in [0, 0.05) is 17.8 Å². The van der Waals surface area contributed by atoms with Gasteiger partial charge in [-0.2, -0.15) is 5.10 Å². The number of hydrogen-bond donors (Lipinski definition) is 1. The molecule has 0 bridgehead atoms. The molecular weight excluding hydrogens is 403 g/mol. The molecular formula is C19H14ClFN4O4. The number of rotatable bonds is 5. The highest BCUT2D eigenvalue weighted by atomic mass is 35.5. The summed E-state index contributed by atoms with van der Waals surface area (Å²) >= 11 is 6.29. The molecule has 10 heteroatoms. The number of nitrogens with one attached hydrogen (secondary N) is 1. The molecule has 0 fully saturated rings. The van der Waals surface area contributed by atoms with Gasteiger partial charge in [0.25, 0.3) is 5.91 Å². The van der Waals surface area contributed by atoms with Crippen LogP contribution in [-0.2, 0) is 11.3 Å². The van der Waals surface area contributed by atoms with Crippen LogP contribution in [-0.4, -0.2) is 33.1 Å². The first-order chi connectivity index (χ1) is 14.0. The van der Waals surface area contributed by atoms with Crippen molar-refractivity contribution < 1.29 is 23.1 Å². The molecule has 0 atom stereocenters. The van der Waals surface area contributed by atoms with Gasteiger partial charge in [-0.15, -0.1) is 0 Å². The molecule has 3 aromatic heterocycles. The van der Waals surface area contributed by atoms with Gasteiger partial charge in [-0.05, 0) is 25.1 Å². The average Bonchev–Trinajstić information content (AvgIpc) is 3.28. The van der Waals surface area contributed by atoms with Gasteiger partial charge >= 0.3 is 5.97 Å². The van der Waals surface area contributed by atoms with E-state index in [1.165, 1.54) is 10.7 Å². The number of hydrogen-bond acceptors (Lipinski definition) is 6. The summed E-state index contributed by atoms with van der Waals surface area (Å²) in [4.78, 5) is 28.7. The Morgan fingerprint density at radius 2 is 2.17 bits per heavy atom. The largest absolute Gasteiger partial charge is 0.462 e. The minimum Gasteiger partial charge on any atom is -0.462 e. The molecule has 148 valence electrons. The fraction of sp³-hybridized carbons (Fsp3) is 0.158. The smallest absolute Gasteiger partial charge is 0.342 e. The molecule has 0 aliphatic carbocycles. The highest BCUT2D eigenvalue weighted by molar-refractivity contribution is 6.36. The number of nitrogens with zero attached hydrogens (tertiary/aromatic N) is 3. The zero-order valence-electron chi connectivity index (χ0n) is 15.1. The van der Waals surface area contributed by atoms with Crippen molar-refractivity contribution in [1.82, 2.24) is 19.9 Å². The van der Waals surface area contributed by atoms with E-state index in [2.05, 4.69) is 15.4 Å². The van der Waals surface area contributed by atoms with Gasteiger partial charge in [0.05, 0.1) is 24.4 Å². The van der Waals surface area contributed by atoms with Crippen molar-refractivity contribution >= 4 is 40.1 Å². The molecule has 0 saturated heterocycles. The molecule has 29 heavy (non-hydrogen) atoms. The lowest BCUT2D eigenvalue weighted by molar-refractivity contribution is 0.0526. The standard InChI is InChI=1S/C19H14ClFN4O4/c1-2-28-19(27)12-7-10(21)6-11-15(20)14(29-16(11)12)9-23-18(26)13-8-24-25-5-3-4-22-17(13)25/h3-8H,2,9H2,1H3,(H,23,26). The Morgan fingerprint density at radius 1 is 1.34 bits per heavy atom. The van der Waals surface area contributed by atoms with Crippen LogP contribution in [0, 0.1) is 5.82 Å². The van der Waals surface area contributed by atoms with Crippen molar-refractivity contribution in [3.63, 3.8) is 0 Å². The number of carbonyl (C=O) groups excluding carboxylic acids is 2. The van der Waals surface area contributed by atoms with Crippen LogP contribution in [0.4, 0.5) is 4.39 Å². The van der Waals surface area contributed by atoms with Crippen LogP contribution in [0.2, 0.25) is 5.02 Å². The monoisotopic (exact) mass is 416 g/mol. The third-order valence-corrected chi connectivity index (χ3v) is 4.60. The first kappa shape index (κ1) is 18.9. The van der Waals surface area contributed by atoms with Crippen molar-refractivity contribution in [3.05, 3.63) is 64.5 Å². The number of fused-ring (bicyclic) bond motifs is 2. The van der Waals surface area contributed by atoms with Crippen LogP contribution < -0.4 is 5.32 Å². The first-order valence-corrected chi connectivity index (χ1v) is 9.01. The molecule has 1 aromatic carbocycles. The zero-order valence-corrected chi connectivity index (χ0v) is 15.9. The highest BCUT2D eigenvalue weighted by Crippen LogP contribution is 2.34. The van der Waals surface area contributed by atoms with E-state index in [-0.39, 0.29) is 46.0 Å². The summed E-state index contributed by atoms with van der Waals surface area (Å²) < 4.78 is 26.0. The second-order valence-electron chi connectivity index (χ2n) is 6.02. The summed E-state index contributed by atoms with van der Waals surface area (Å²) in [5.74, 6) is -1.64. The minimum absolute atomic E-state index is 0.0758. The molecule has 4 rings (SSSR count). The van der Waals surface area contributed by atoms with E-state index in [1.54, 1.807) is 25.4 Å². The summed E-state index contributed by atoms with van der Waals surface area (Å²) in [5.41, 5.74) is 0.688. The Morgan fingerprint density at radius 3 is 2.97 bits per heavy atom. The van der Waals surface area contributed by atoms with Gasteiger partial charge in [0.15, 0.2) is 11.2 Å². The number of ether oxygens (including phenoxy) is 1. The van der Waals surface area contributed by atoms with E-state index in [0.29, 0.717) is 5.65 Å². The second-order valence-corrected chi connectivity index (χ2v) is 6.40. The zero-order chi connectivity index (χ0) is 20.5. The lowest BCUT2D eigenvalue weighted by atomic mass is 10.1. The topological polar surface area (TPSA) is 98.7 Å². The van der Waals surface area contributed by atoms with E-state index in [9.17, 15) is 14.0 Å². The first-order valence-electron chi connectivity index (χ1n) is 8.63. The van der Waals surface area contributed by atoms with Gasteiger partial charge in [0.2, 0.25) is 0 Å². The Balaban J connectivity index is 1.63. The molecule has 8 nitrogen and oxygen atoms in total. The number of benzene rings is 1. The summed E-state index contributed by atoms with van der Waals surface area (Å²) in [6.45, 7) is 1.68. The maximum atomic E-state index is 13.9. The SMILES string of the molecule is CCOC(=O)c1cc(F)cc2c(Cl)c(CNC(=O)c3cnn4cccnc34)oc12. The van der Waals surface area contributed by atoms with E-state index in [1.807, 2.05) is 0 Å². The lowest BCUT2D eigenvalue weighted by Crippen LogP contribution is -2.22. The van der Waals surface area contributed by atoms with E-state index in [4.69, 9.17) is 20.8 Å². The van der Waals surface area contributed by atoms with Crippen LogP contribution in [0.3, 0.4) is 0 Å². The molecule has 0 saturated carbocycles. The molecule has 0 aliphatic rings. The summed E-state index contributed by atoms with van der Waals surface area (Å²) in [5, 5.41) is 7.04. The number of carbonyl (C=O) groups is 2. The normalized spacial score (nSPS) is 11.1. The van der Waals surface area contributed by atoms with Crippen molar-refractivity contribution in [2.45, 2.75) is 13.5 Å². The van der Waals surface area contributed by atoms with Gasteiger partial charge in [-0.25, -0.2) is 18.7 Å². The Bertz CT molecular complexity index is 1250. The van der Waals surface area contributed by atoms with Gasteiger partial charge in [-0.3, -0.25) is 4.79 Å². The molecule has 0 radical (unpaired) electrons. The van der Waals surface area contributed by atoms with Gasteiger partial charge in [-0.1, -0.05) is 11.6 Å². The van der Waals surface area contributed by atoms with Crippen LogP contribution >= 0.6 is 11.6 Å². The Kier molecular flexibility index (Phi) is 4.89. The predicted molar refractivity (Wildman–Crippen MR) is 101 cm³/mol. The molecule has 1 N–H and O–H groups in total. The minimum atomic E-state index is -0.726. The fourth-order valence-electron chi connectivity index (χ4n) is 2.90. The maximum Gasteiger partial charge on any atom is 0.342 e. The van der Waals surface area contributed by atoms with Gasteiger partial charge in [0.1, 0.15) is 22.7 Å². The number of furan rings is 1. The van der Waals surface area contributed by atoms with Crippen LogP contribution in [0.1, 0.15) is 33.4 Å². The quantitative estimate of drug-likeness (QED) is 0.501. The number of aromatic nitrogens is 3. The van der Waals surface area contributed by atoms with E-state index < -0.39 is 17.7 Å². The number of amides is 1. The summed E-state index contributed by atoms with van der Waals surface area (Å²) in [7, 11) is 0. The molecule has 0 unspecified atom stereocenters. The fourth-order valence-corrected chi connectivity index (χ4v) is 3.15. The lowest BCUT2D eigenvalue weighted by Gasteiger charge is -2.03. The Hall–Kier alpha value is -3.46. The van der Waals surface area contributed by atoms with Crippen LogP contribution in [0.5, 0.6) is 0 Å². The average molecular weight is 417 g/mol. The number of halogens is 2. The van der Waals surface area contributed by atoms with Crippen molar-refractivity contribution in [3.8, 4) is 0 Å². The highest BCUT2D eigenvalue weighted by Gasteiger charge is 2.22. The molecule has 1 amide bonds. The molecule has 4 aromatic rings. The van der Waals surface area contributed by atoms with Crippen molar-refractivity contribution in [1.29, 1.82) is 0 Å². The molecule has 0 aliphatic heterocycles. The Labute approximate surface area is 168 Å². The third-order valence-electron chi connectivity index (χ3n) is 4.19. The molecule has 3 heterocycles. The maximum absolute atomic E-state index is 13.9. The third kappa shape index (κ3) is 3.40. The van der Waals surface area contributed by atoms with Crippen LogP contribution in [0.15, 0.2) is 41.2 Å². The second kappa shape index (κ2) is 7.51.